The van der Waals surface area contributed by atoms with Gasteiger partial charge in [-0.05, 0) is 38.0 Å². The Morgan fingerprint density at radius 2 is 2.00 bits per heavy atom. The summed E-state index contributed by atoms with van der Waals surface area (Å²) in [6.07, 6.45) is 4.10. The molecule has 4 aromatic heterocycles. The molecule has 0 aliphatic carbocycles. The molecule has 0 saturated carbocycles. The Labute approximate surface area is 167 Å². The molecule has 0 saturated heterocycles. The predicted octanol–water partition coefficient (Wildman–Crippen LogP) is 5.65. The van der Waals surface area contributed by atoms with Crippen LogP contribution in [0.1, 0.15) is 50.2 Å². The van der Waals surface area contributed by atoms with Gasteiger partial charge < -0.3 is 4.40 Å². The molecule has 140 valence electrons. The van der Waals surface area contributed by atoms with E-state index >= 15 is 0 Å². The fourth-order valence-electron chi connectivity index (χ4n) is 3.01. The van der Waals surface area contributed by atoms with E-state index in [4.69, 9.17) is 0 Å². The molecular formula is C20H23N5S2. The third kappa shape index (κ3) is 3.66. The van der Waals surface area contributed by atoms with Gasteiger partial charge in [-0.3, -0.25) is 4.57 Å². The van der Waals surface area contributed by atoms with Crippen LogP contribution in [0.25, 0.3) is 17.0 Å². The third-order valence-electron chi connectivity index (χ3n) is 4.39. The van der Waals surface area contributed by atoms with Crippen LogP contribution in [-0.4, -0.2) is 24.1 Å². The Morgan fingerprint density at radius 1 is 1.15 bits per heavy atom. The summed E-state index contributed by atoms with van der Waals surface area (Å²) in [6, 6.07) is 8.58. The van der Waals surface area contributed by atoms with E-state index in [2.05, 4.69) is 65.1 Å². The summed E-state index contributed by atoms with van der Waals surface area (Å²) in [5, 5.41) is 12.1. The maximum absolute atomic E-state index is 4.68. The lowest BCUT2D eigenvalue weighted by molar-refractivity contribution is 0.555. The second-order valence-corrected chi connectivity index (χ2v) is 9.03. The molecule has 4 heterocycles. The highest BCUT2D eigenvalue weighted by Crippen LogP contribution is 2.33. The first kappa shape index (κ1) is 18.3. The number of nitrogens with zero attached hydrogens (tertiary/aromatic N) is 5. The van der Waals surface area contributed by atoms with Crippen LogP contribution in [-0.2, 0) is 5.75 Å². The Balaban J connectivity index is 1.59. The average Bonchev–Trinajstić information content (AvgIpc) is 3.35. The molecule has 0 N–H and O–H groups in total. The van der Waals surface area contributed by atoms with Gasteiger partial charge in [-0.15, -0.1) is 21.5 Å². The van der Waals surface area contributed by atoms with Gasteiger partial charge in [0, 0.05) is 40.0 Å². The van der Waals surface area contributed by atoms with Crippen LogP contribution < -0.4 is 0 Å². The number of rotatable bonds is 6. The van der Waals surface area contributed by atoms with E-state index < -0.39 is 0 Å². The van der Waals surface area contributed by atoms with Crippen LogP contribution in [0, 0.1) is 0 Å². The SMILES string of the molecule is CC(C)c1cc(-c2nnc(SCc3cn4ccccc4n3)n2C(C)C)cs1. The highest BCUT2D eigenvalue weighted by molar-refractivity contribution is 7.98. The Kier molecular flexibility index (Phi) is 5.06. The molecule has 0 spiro atoms. The molecule has 4 aromatic rings. The zero-order valence-corrected chi connectivity index (χ0v) is 17.6. The van der Waals surface area contributed by atoms with E-state index in [1.807, 2.05) is 28.8 Å². The smallest absolute Gasteiger partial charge is 0.192 e. The number of thioether (sulfide) groups is 1. The molecule has 27 heavy (non-hydrogen) atoms. The molecule has 5 nitrogen and oxygen atoms in total. The summed E-state index contributed by atoms with van der Waals surface area (Å²) in [5.41, 5.74) is 3.17. The molecular weight excluding hydrogens is 374 g/mol. The lowest BCUT2D eigenvalue weighted by atomic mass is 10.1. The van der Waals surface area contributed by atoms with Crippen molar-refractivity contribution in [1.29, 1.82) is 0 Å². The van der Waals surface area contributed by atoms with Gasteiger partial charge in [0.1, 0.15) is 5.65 Å². The maximum Gasteiger partial charge on any atom is 0.192 e. The fraction of sp³-hybridized carbons (Fsp3) is 0.350. The largest absolute Gasteiger partial charge is 0.307 e. The lowest BCUT2D eigenvalue weighted by Crippen LogP contribution is -2.04. The van der Waals surface area contributed by atoms with Gasteiger partial charge in [0.2, 0.25) is 0 Å². The number of fused-ring (bicyclic) bond motifs is 1. The molecule has 0 aliphatic rings. The average molecular weight is 398 g/mol. The molecule has 0 amide bonds. The first-order chi connectivity index (χ1) is 13.0. The highest BCUT2D eigenvalue weighted by atomic mass is 32.2. The fourth-order valence-corrected chi connectivity index (χ4v) is 4.86. The van der Waals surface area contributed by atoms with Crippen molar-refractivity contribution < 1.29 is 0 Å². The van der Waals surface area contributed by atoms with Gasteiger partial charge in [0.05, 0.1) is 5.69 Å². The van der Waals surface area contributed by atoms with E-state index in [1.54, 1.807) is 23.1 Å². The summed E-state index contributed by atoms with van der Waals surface area (Å²) in [5.74, 6) is 2.25. The van der Waals surface area contributed by atoms with Crippen LogP contribution in [0.3, 0.4) is 0 Å². The van der Waals surface area contributed by atoms with E-state index in [-0.39, 0.29) is 0 Å². The summed E-state index contributed by atoms with van der Waals surface area (Å²) in [7, 11) is 0. The van der Waals surface area contributed by atoms with E-state index in [0.29, 0.717) is 12.0 Å². The van der Waals surface area contributed by atoms with Crippen molar-refractivity contribution in [1.82, 2.24) is 24.1 Å². The van der Waals surface area contributed by atoms with Gasteiger partial charge >= 0.3 is 0 Å². The van der Waals surface area contributed by atoms with Gasteiger partial charge in [-0.1, -0.05) is 31.7 Å². The van der Waals surface area contributed by atoms with Gasteiger partial charge in [0.15, 0.2) is 11.0 Å². The molecule has 0 unspecified atom stereocenters. The first-order valence-electron chi connectivity index (χ1n) is 9.12. The van der Waals surface area contributed by atoms with E-state index in [0.717, 1.165) is 33.6 Å². The molecule has 0 radical (unpaired) electrons. The highest BCUT2D eigenvalue weighted by Gasteiger charge is 2.19. The van der Waals surface area contributed by atoms with Crippen molar-refractivity contribution in [3.63, 3.8) is 0 Å². The van der Waals surface area contributed by atoms with Crippen molar-refractivity contribution in [2.45, 2.75) is 50.6 Å². The van der Waals surface area contributed by atoms with E-state index in [9.17, 15) is 0 Å². The standard InChI is InChI=1S/C20H23N5S2/c1-13(2)17-9-15(11-26-17)19-22-23-20(25(19)14(3)4)27-12-16-10-24-8-6-5-7-18(24)21-16/h5-11,13-14H,12H2,1-4H3. The van der Waals surface area contributed by atoms with Crippen LogP contribution in [0.5, 0.6) is 0 Å². The van der Waals surface area contributed by atoms with Gasteiger partial charge in [0.25, 0.3) is 0 Å². The minimum atomic E-state index is 0.293. The summed E-state index contributed by atoms with van der Waals surface area (Å²) < 4.78 is 4.28. The van der Waals surface area contributed by atoms with Crippen molar-refractivity contribution in [2.75, 3.05) is 0 Å². The normalized spacial score (nSPS) is 11.9. The van der Waals surface area contributed by atoms with Gasteiger partial charge in [-0.25, -0.2) is 4.98 Å². The van der Waals surface area contributed by atoms with Crippen LogP contribution >= 0.6 is 23.1 Å². The summed E-state index contributed by atoms with van der Waals surface area (Å²) in [6.45, 7) is 8.80. The van der Waals surface area contributed by atoms with Crippen molar-refractivity contribution in [3.8, 4) is 11.4 Å². The molecule has 0 fully saturated rings. The molecule has 0 bridgehead atoms. The van der Waals surface area contributed by atoms with Crippen LogP contribution in [0.15, 0.2) is 47.2 Å². The zero-order chi connectivity index (χ0) is 19.0. The molecule has 0 aromatic carbocycles. The molecule has 0 aliphatic heterocycles. The van der Waals surface area contributed by atoms with Gasteiger partial charge in [-0.2, -0.15) is 0 Å². The van der Waals surface area contributed by atoms with Crippen LogP contribution in [0.2, 0.25) is 0 Å². The molecule has 7 heteroatoms. The minimum absolute atomic E-state index is 0.293. The number of imidazole rings is 1. The maximum atomic E-state index is 4.68. The minimum Gasteiger partial charge on any atom is -0.307 e. The number of aromatic nitrogens is 5. The predicted molar refractivity (Wildman–Crippen MR) is 113 cm³/mol. The molecule has 0 atom stereocenters. The number of pyridine rings is 1. The number of hydrogen-bond acceptors (Lipinski definition) is 5. The van der Waals surface area contributed by atoms with Crippen molar-refractivity contribution >= 4 is 28.7 Å². The second-order valence-electron chi connectivity index (χ2n) is 7.15. The Bertz CT molecular complexity index is 1020. The van der Waals surface area contributed by atoms with Crippen molar-refractivity contribution in [3.05, 3.63) is 52.6 Å². The topological polar surface area (TPSA) is 48.0 Å². The Morgan fingerprint density at radius 3 is 2.70 bits per heavy atom. The second kappa shape index (κ2) is 7.48. The summed E-state index contributed by atoms with van der Waals surface area (Å²) >= 11 is 3.48. The lowest BCUT2D eigenvalue weighted by Gasteiger charge is -2.12. The monoisotopic (exact) mass is 397 g/mol. The molecule has 4 rings (SSSR count). The summed E-state index contributed by atoms with van der Waals surface area (Å²) in [4.78, 5) is 6.05. The Hall–Kier alpha value is -2.12. The van der Waals surface area contributed by atoms with Crippen molar-refractivity contribution in [2.24, 2.45) is 0 Å². The van der Waals surface area contributed by atoms with Crippen LogP contribution in [0.4, 0.5) is 0 Å². The first-order valence-corrected chi connectivity index (χ1v) is 11.0. The quantitative estimate of drug-likeness (QED) is 0.394. The number of thiophene rings is 1. The number of hydrogen-bond donors (Lipinski definition) is 0. The van der Waals surface area contributed by atoms with E-state index in [1.165, 1.54) is 4.88 Å². The zero-order valence-electron chi connectivity index (χ0n) is 16.0. The third-order valence-corrected chi connectivity index (χ3v) is 6.60.